The molecule has 2 aromatic carbocycles. The highest BCUT2D eigenvalue weighted by Crippen LogP contribution is 2.67. The fourth-order valence-corrected chi connectivity index (χ4v) is 11.8. The van der Waals surface area contributed by atoms with Crippen LogP contribution in [0.1, 0.15) is 110 Å². The Morgan fingerprint density at radius 2 is 1.72 bits per heavy atom. The van der Waals surface area contributed by atoms with Crippen molar-refractivity contribution in [1.29, 1.82) is 0 Å². The lowest BCUT2D eigenvalue weighted by molar-refractivity contribution is -0.154. The van der Waals surface area contributed by atoms with Crippen molar-refractivity contribution in [2.24, 2.45) is 52.3 Å². The van der Waals surface area contributed by atoms with Gasteiger partial charge in [-0.15, -0.1) is 0 Å². The van der Waals surface area contributed by atoms with Crippen LogP contribution < -0.4 is 5.32 Å². The third-order valence-corrected chi connectivity index (χ3v) is 14.9. The number of fused-ring (bicyclic) bond motifs is 6. The molecule has 7 rings (SSSR count). The normalized spacial score (nSPS) is 30.9. The minimum Gasteiger partial charge on any atom is -0.461 e. The molecule has 3 fully saturated rings. The van der Waals surface area contributed by atoms with E-state index in [2.05, 4.69) is 70.1 Å². The van der Waals surface area contributed by atoms with Crippen molar-refractivity contribution in [3.8, 4) is 0 Å². The number of amides is 1. The van der Waals surface area contributed by atoms with Crippen molar-refractivity contribution in [3.63, 3.8) is 0 Å². The molecule has 1 aromatic heterocycles. The smallest absolute Gasteiger partial charge is 0.408 e. The SMILES string of the molecule is CC[C@H](C=C[C@@H](C)[C@H]1CC[C@H]2[C@@H]3CC=C4C[C@@H](OC(=O)[C@H](Cc5c[nH]c6ccccc56)NC(=O)OCc5ccccc5)CC[C@]4(C)[C@H]3CC[C@]12C)C(C)C. The van der Waals surface area contributed by atoms with E-state index in [0.29, 0.717) is 35.5 Å². The number of allylic oxidation sites excluding steroid dienone is 3. The van der Waals surface area contributed by atoms with Crippen molar-refractivity contribution in [2.75, 3.05) is 0 Å². The minimum absolute atomic E-state index is 0.132. The molecule has 3 saturated carbocycles. The molecule has 0 spiro atoms. The number of carbonyl (C=O) groups excluding carboxylic acids is 2. The number of hydrogen-bond donors (Lipinski definition) is 2. The monoisotopic (exact) mass is 732 g/mol. The van der Waals surface area contributed by atoms with E-state index < -0.39 is 18.1 Å². The van der Waals surface area contributed by atoms with Crippen LogP contribution in [0.25, 0.3) is 10.9 Å². The van der Waals surface area contributed by atoms with Gasteiger partial charge in [0.25, 0.3) is 0 Å². The molecule has 4 aliphatic carbocycles. The van der Waals surface area contributed by atoms with Crippen LogP contribution in [0.5, 0.6) is 0 Å². The number of H-pyrrole nitrogens is 1. The number of benzene rings is 2. The zero-order chi connectivity index (χ0) is 38.0. The van der Waals surface area contributed by atoms with Crippen molar-refractivity contribution < 1.29 is 19.1 Å². The van der Waals surface area contributed by atoms with Crippen LogP contribution in [-0.4, -0.2) is 29.2 Å². The summed E-state index contributed by atoms with van der Waals surface area (Å²) < 4.78 is 11.9. The molecule has 290 valence electrons. The van der Waals surface area contributed by atoms with Crippen LogP contribution in [0.15, 0.2) is 84.6 Å². The Bertz CT molecular complexity index is 1830. The van der Waals surface area contributed by atoms with Gasteiger partial charge in [0.05, 0.1) is 0 Å². The van der Waals surface area contributed by atoms with E-state index in [0.717, 1.165) is 65.5 Å². The van der Waals surface area contributed by atoms with Crippen LogP contribution in [0, 0.1) is 52.3 Å². The molecule has 54 heavy (non-hydrogen) atoms. The maximum absolute atomic E-state index is 14.0. The van der Waals surface area contributed by atoms with Crippen LogP contribution in [-0.2, 0) is 27.3 Å². The molecular weight excluding hydrogens is 669 g/mol. The minimum atomic E-state index is -0.868. The number of rotatable bonds is 12. The molecule has 0 radical (unpaired) electrons. The van der Waals surface area contributed by atoms with Gasteiger partial charge in [-0.3, -0.25) is 0 Å². The summed E-state index contributed by atoms with van der Waals surface area (Å²) in [6.45, 7) is 14.8. The van der Waals surface area contributed by atoms with Crippen LogP contribution >= 0.6 is 0 Å². The highest BCUT2D eigenvalue weighted by Gasteiger charge is 2.59. The maximum Gasteiger partial charge on any atom is 0.408 e. The van der Waals surface area contributed by atoms with Gasteiger partial charge in [-0.05, 0) is 121 Å². The lowest BCUT2D eigenvalue weighted by Crippen LogP contribution is -2.51. The highest BCUT2D eigenvalue weighted by atomic mass is 16.6. The second-order valence-corrected chi connectivity index (χ2v) is 18.2. The number of nitrogens with one attached hydrogen (secondary N) is 2. The summed E-state index contributed by atoms with van der Waals surface area (Å²) in [7, 11) is 0. The highest BCUT2D eigenvalue weighted by molar-refractivity contribution is 5.86. The quantitative estimate of drug-likeness (QED) is 0.143. The summed E-state index contributed by atoms with van der Waals surface area (Å²) in [6.07, 6.45) is 19.5. The van der Waals surface area contributed by atoms with Crippen LogP contribution in [0.4, 0.5) is 4.79 Å². The summed E-state index contributed by atoms with van der Waals surface area (Å²) in [4.78, 5) is 30.4. The lowest BCUT2D eigenvalue weighted by Gasteiger charge is -2.58. The van der Waals surface area contributed by atoms with Crippen LogP contribution in [0.3, 0.4) is 0 Å². The molecule has 0 bridgehead atoms. The zero-order valence-corrected chi connectivity index (χ0v) is 33.6. The molecule has 0 unspecified atom stereocenters. The predicted octanol–water partition coefficient (Wildman–Crippen LogP) is 11.4. The number of ether oxygens (including phenoxy) is 2. The Morgan fingerprint density at radius 1 is 0.944 bits per heavy atom. The lowest BCUT2D eigenvalue weighted by atomic mass is 9.47. The van der Waals surface area contributed by atoms with E-state index in [1.807, 2.05) is 60.8 Å². The largest absolute Gasteiger partial charge is 0.461 e. The Kier molecular flexibility index (Phi) is 11.5. The standard InChI is InChI=1S/C48H64N2O4/c1-7-34(31(2)3)18-17-32(4)40-21-22-41-39-20-19-36-28-37(23-25-47(36,5)42(39)24-26-48(40,41)6)54-45(51)44(27-35-29-49-43-16-12-11-15-38(35)43)50-46(52)53-30-33-13-9-8-10-14-33/h8-19,29,31-32,34,37,39-42,44,49H,7,20-28,30H2,1-6H3,(H,50,52)/t32-,34-,37+,39+,40-,41+,42+,44+,47+,48-/m1/s1. The molecule has 1 amide bonds. The van der Waals surface area contributed by atoms with Gasteiger partial charge in [-0.25, -0.2) is 9.59 Å². The van der Waals surface area contributed by atoms with Gasteiger partial charge in [0.15, 0.2) is 0 Å². The second kappa shape index (κ2) is 16.1. The first-order chi connectivity index (χ1) is 26.0. The predicted molar refractivity (Wildman–Crippen MR) is 218 cm³/mol. The van der Waals surface area contributed by atoms with Gasteiger partial charge in [-0.2, -0.15) is 0 Å². The summed E-state index contributed by atoms with van der Waals surface area (Å²) in [5.74, 6) is 4.58. The van der Waals surface area contributed by atoms with Crippen LogP contribution in [0.2, 0.25) is 0 Å². The van der Waals surface area contributed by atoms with E-state index in [9.17, 15) is 9.59 Å². The molecule has 0 saturated heterocycles. The molecule has 2 N–H and O–H groups in total. The van der Waals surface area contributed by atoms with Crippen molar-refractivity contribution in [2.45, 2.75) is 125 Å². The van der Waals surface area contributed by atoms with Gasteiger partial charge < -0.3 is 19.8 Å². The number of para-hydroxylation sites is 1. The van der Waals surface area contributed by atoms with E-state index in [1.165, 1.54) is 37.7 Å². The summed E-state index contributed by atoms with van der Waals surface area (Å²) in [5.41, 5.74) is 4.90. The molecule has 6 heteroatoms. The number of hydrogen-bond acceptors (Lipinski definition) is 4. The van der Waals surface area contributed by atoms with Gasteiger partial charge in [0.1, 0.15) is 18.8 Å². The number of alkyl carbamates (subject to hydrolysis) is 1. The third-order valence-electron chi connectivity index (χ3n) is 14.9. The molecule has 6 nitrogen and oxygen atoms in total. The van der Waals surface area contributed by atoms with Crippen molar-refractivity contribution in [3.05, 3.63) is 95.7 Å². The van der Waals surface area contributed by atoms with Crippen molar-refractivity contribution >= 4 is 23.0 Å². The maximum atomic E-state index is 14.0. The van der Waals surface area contributed by atoms with E-state index in [1.54, 1.807) is 0 Å². The van der Waals surface area contributed by atoms with Crippen molar-refractivity contribution in [1.82, 2.24) is 10.3 Å². The van der Waals surface area contributed by atoms with Gasteiger partial charge in [0.2, 0.25) is 0 Å². The molecule has 10 atom stereocenters. The molecular formula is C48H64N2O4. The Balaban J connectivity index is 1.02. The van der Waals surface area contributed by atoms with E-state index >= 15 is 0 Å². The Hall–Kier alpha value is -3.80. The molecule has 1 heterocycles. The Labute approximate surface area is 323 Å². The number of aromatic amines is 1. The fourth-order valence-electron chi connectivity index (χ4n) is 11.8. The number of aromatic nitrogens is 1. The third kappa shape index (κ3) is 7.69. The van der Waals surface area contributed by atoms with Gasteiger partial charge >= 0.3 is 12.1 Å². The average Bonchev–Trinajstić information content (AvgIpc) is 3.75. The summed E-state index contributed by atoms with van der Waals surface area (Å²) in [6, 6.07) is 16.7. The fraction of sp³-hybridized carbons (Fsp3) is 0.583. The van der Waals surface area contributed by atoms with Gasteiger partial charge in [0, 0.05) is 29.9 Å². The average molecular weight is 733 g/mol. The van der Waals surface area contributed by atoms with E-state index in [-0.39, 0.29) is 18.1 Å². The molecule has 3 aromatic rings. The molecule has 4 aliphatic rings. The van der Waals surface area contributed by atoms with Gasteiger partial charge in [-0.1, -0.05) is 114 Å². The summed E-state index contributed by atoms with van der Waals surface area (Å²) in [5, 5.41) is 3.90. The molecule has 0 aliphatic heterocycles. The first-order valence-electron chi connectivity index (χ1n) is 21.1. The summed E-state index contributed by atoms with van der Waals surface area (Å²) >= 11 is 0. The Morgan fingerprint density at radius 3 is 2.50 bits per heavy atom. The first-order valence-corrected chi connectivity index (χ1v) is 21.1. The number of carbonyl (C=O) groups is 2. The van der Waals surface area contributed by atoms with E-state index in [4.69, 9.17) is 9.47 Å². The zero-order valence-electron chi connectivity index (χ0n) is 33.6. The number of esters is 1. The first kappa shape index (κ1) is 38.5. The topological polar surface area (TPSA) is 80.4 Å². The second-order valence-electron chi connectivity index (χ2n) is 18.2.